The van der Waals surface area contributed by atoms with Crippen LogP contribution in [-0.4, -0.2) is 13.1 Å². The zero-order chi connectivity index (χ0) is 8.43. The number of carbonyl (C=O) groups is 1. The normalized spacial score (nSPS) is 9.64. The Kier molecular flexibility index (Phi) is 2.30. The molecule has 0 N–H and O–H groups in total. The van der Waals surface area contributed by atoms with Crippen LogP contribution in [0, 0.1) is 5.82 Å². The lowest BCUT2D eigenvalue weighted by molar-refractivity contribution is 0.107. The summed E-state index contributed by atoms with van der Waals surface area (Å²) in [5.74, 6) is -0.690. The number of benzene rings is 1. The minimum absolute atomic E-state index is 0.152. The highest BCUT2D eigenvalue weighted by atomic mass is 35.5. The molecule has 0 bridgehead atoms. The third kappa shape index (κ3) is 1.81. The molecule has 0 amide bonds. The van der Waals surface area contributed by atoms with Gasteiger partial charge in [-0.3, -0.25) is 4.79 Å². The van der Waals surface area contributed by atoms with Crippen molar-refractivity contribution >= 4 is 30.2 Å². The smallest absolute Gasteiger partial charge is 0.255 e. The monoisotopic (exact) mass is 168 g/mol. The predicted molar refractivity (Wildman–Crippen MR) is 42.0 cm³/mol. The average molecular weight is 168 g/mol. The van der Waals surface area contributed by atoms with Gasteiger partial charge in [0, 0.05) is 0 Å². The van der Waals surface area contributed by atoms with Gasteiger partial charge in [-0.2, -0.15) is 0 Å². The first-order valence-corrected chi connectivity index (χ1v) is 3.24. The van der Waals surface area contributed by atoms with Crippen molar-refractivity contribution in [3.8, 4) is 0 Å². The fraction of sp³-hybridized carbons (Fsp3) is 0. The number of hydrogen-bond donors (Lipinski definition) is 0. The molecule has 0 aromatic heterocycles. The van der Waals surface area contributed by atoms with Gasteiger partial charge in [0.15, 0.2) is 0 Å². The van der Waals surface area contributed by atoms with Gasteiger partial charge in [0.25, 0.3) is 5.24 Å². The van der Waals surface area contributed by atoms with E-state index in [4.69, 9.17) is 19.4 Å². The van der Waals surface area contributed by atoms with Crippen molar-refractivity contribution in [3.05, 3.63) is 29.6 Å². The second-order valence-electron chi connectivity index (χ2n) is 2.01. The van der Waals surface area contributed by atoms with Gasteiger partial charge in [0.1, 0.15) is 13.7 Å². The van der Waals surface area contributed by atoms with E-state index in [-0.39, 0.29) is 11.0 Å². The minimum atomic E-state index is -0.817. The topological polar surface area (TPSA) is 17.1 Å². The maximum absolute atomic E-state index is 12.7. The summed E-state index contributed by atoms with van der Waals surface area (Å²) in [5.41, 5.74) is 0.116. The first-order valence-electron chi connectivity index (χ1n) is 2.86. The maximum Gasteiger partial charge on any atom is 0.255 e. The molecular weight excluding hydrogens is 165 g/mol. The minimum Gasteiger partial charge on any atom is -0.275 e. The van der Waals surface area contributed by atoms with Gasteiger partial charge in [-0.1, -0.05) is 11.5 Å². The van der Waals surface area contributed by atoms with Crippen LogP contribution in [0.1, 0.15) is 10.4 Å². The molecule has 0 fully saturated rings. The van der Waals surface area contributed by atoms with Gasteiger partial charge in [-0.15, -0.1) is 0 Å². The van der Waals surface area contributed by atoms with E-state index in [9.17, 15) is 9.18 Å². The van der Waals surface area contributed by atoms with Crippen LogP contribution in [-0.2, 0) is 0 Å². The van der Waals surface area contributed by atoms with Crippen LogP contribution in [0.25, 0.3) is 0 Å². The summed E-state index contributed by atoms with van der Waals surface area (Å²) in [7, 11) is 5.23. The largest absolute Gasteiger partial charge is 0.275 e. The Hall–Kier alpha value is -0.825. The second kappa shape index (κ2) is 3.05. The number of hydrogen-bond acceptors (Lipinski definition) is 1. The summed E-state index contributed by atoms with van der Waals surface area (Å²) >= 11 is 5.04. The SMILES string of the molecule is [B]c1ccc(C(=O)Cl)c(F)c1. The molecule has 0 aliphatic rings. The van der Waals surface area contributed by atoms with Crippen LogP contribution in [0.4, 0.5) is 4.39 Å². The van der Waals surface area contributed by atoms with E-state index in [0.717, 1.165) is 6.07 Å². The molecule has 0 spiro atoms. The first-order chi connectivity index (χ1) is 5.11. The molecule has 54 valence electrons. The quantitative estimate of drug-likeness (QED) is 0.452. The highest BCUT2D eigenvalue weighted by Crippen LogP contribution is 2.07. The van der Waals surface area contributed by atoms with Crippen molar-refractivity contribution in [1.29, 1.82) is 0 Å². The molecule has 0 saturated heterocycles. The molecule has 4 heteroatoms. The Morgan fingerprint density at radius 2 is 2.18 bits per heavy atom. The molecule has 1 nitrogen and oxygen atoms in total. The highest BCUT2D eigenvalue weighted by Gasteiger charge is 2.07. The lowest BCUT2D eigenvalue weighted by atomic mass is 9.95. The molecule has 11 heavy (non-hydrogen) atoms. The Morgan fingerprint density at radius 3 is 2.64 bits per heavy atom. The van der Waals surface area contributed by atoms with Crippen molar-refractivity contribution in [2.24, 2.45) is 0 Å². The summed E-state index contributed by atoms with van der Waals surface area (Å²) in [6.45, 7) is 0. The average Bonchev–Trinajstić information content (AvgIpc) is 1.85. The number of carbonyl (C=O) groups excluding carboxylic acids is 1. The van der Waals surface area contributed by atoms with Gasteiger partial charge in [-0.25, -0.2) is 4.39 Å². The maximum atomic E-state index is 12.7. The van der Waals surface area contributed by atoms with Crippen molar-refractivity contribution in [2.45, 2.75) is 0 Å². The Morgan fingerprint density at radius 1 is 1.55 bits per heavy atom. The van der Waals surface area contributed by atoms with E-state index >= 15 is 0 Å². The highest BCUT2D eigenvalue weighted by molar-refractivity contribution is 6.67. The molecular formula is C7H3BClFO. The number of halogens is 2. The first kappa shape index (κ1) is 8.27. The molecule has 1 aromatic carbocycles. The van der Waals surface area contributed by atoms with Gasteiger partial charge >= 0.3 is 0 Å². The molecule has 0 heterocycles. The standard InChI is InChI=1S/C7H3BClFO/c8-4-1-2-5(7(9)11)6(10)3-4/h1-3H. The van der Waals surface area contributed by atoms with E-state index in [0.29, 0.717) is 0 Å². The summed E-state index contributed by atoms with van der Waals surface area (Å²) in [5, 5.41) is -0.817. The molecule has 0 aliphatic heterocycles. The summed E-state index contributed by atoms with van der Waals surface area (Å²) in [4.78, 5) is 10.5. The van der Waals surface area contributed by atoms with Gasteiger partial charge in [0.2, 0.25) is 0 Å². The lowest BCUT2D eigenvalue weighted by Crippen LogP contribution is -2.05. The Labute approximate surface area is 69.6 Å². The molecule has 1 aromatic rings. The van der Waals surface area contributed by atoms with Gasteiger partial charge < -0.3 is 0 Å². The zero-order valence-electron chi connectivity index (χ0n) is 5.47. The molecule has 0 aliphatic carbocycles. The van der Waals surface area contributed by atoms with Gasteiger partial charge in [0.05, 0.1) is 5.56 Å². The van der Waals surface area contributed by atoms with Crippen molar-refractivity contribution in [1.82, 2.24) is 0 Å². The molecule has 2 radical (unpaired) electrons. The fourth-order valence-corrected chi connectivity index (χ4v) is 0.844. The van der Waals surface area contributed by atoms with Crippen LogP contribution < -0.4 is 5.46 Å². The van der Waals surface area contributed by atoms with Crippen LogP contribution in [0.2, 0.25) is 0 Å². The van der Waals surface area contributed by atoms with E-state index in [1.165, 1.54) is 12.1 Å². The summed E-state index contributed by atoms with van der Waals surface area (Å²) in [6.07, 6.45) is 0. The molecule has 0 unspecified atom stereocenters. The zero-order valence-corrected chi connectivity index (χ0v) is 6.23. The third-order valence-electron chi connectivity index (χ3n) is 1.20. The molecule has 0 atom stereocenters. The second-order valence-corrected chi connectivity index (χ2v) is 2.36. The molecule has 1 rings (SSSR count). The van der Waals surface area contributed by atoms with E-state index in [1.807, 2.05) is 0 Å². The van der Waals surface area contributed by atoms with Crippen molar-refractivity contribution in [2.75, 3.05) is 0 Å². The summed E-state index contributed by atoms with van der Waals surface area (Å²) < 4.78 is 12.7. The van der Waals surface area contributed by atoms with Crippen molar-refractivity contribution in [3.63, 3.8) is 0 Å². The van der Waals surface area contributed by atoms with E-state index < -0.39 is 11.1 Å². The Balaban J connectivity index is 3.20. The van der Waals surface area contributed by atoms with Crippen LogP contribution in [0.3, 0.4) is 0 Å². The van der Waals surface area contributed by atoms with Crippen molar-refractivity contribution < 1.29 is 9.18 Å². The number of rotatable bonds is 1. The van der Waals surface area contributed by atoms with Crippen LogP contribution in [0.15, 0.2) is 18.2 Å². The fourth-order valence-electron chi connectivity index (χ4n) is 0.691. The molecule has 0 saturated carbocycles. The van der Waals surface area contributed by atoms with Gasteiger partial charge in [-0.05, 0) is 23.7 Å². The summed E-state index contributed by atoms with van der Waals surface area (Å²) in [6, 6.07) is 3.72. The van der Waals surface area contributed by atoms with E-state index in [2.05, 4.69) is 0 Å². The lowest BCUT2D eigenvalue weighted by Gasteiger charge is -1.97. The van der Waals surface area contributed by atoms with Crippen LogP contribution in [0.5, 0.6) is 0 Å². The van der Waals surface area contributed by atoms with Crippen LogP contribution >= 0.6 is 11.6 Å². The van der Waals surface area contributed by atoms with E-state index in [1.54, 1.807) is 0 Å². The predicted octanol–water partition coefficient (Wildman–Crippen LogP) is 0.999. The Bertz CT molecular complexity index is 300. The third-order valence-corrected chi connectivity index (χ3v) is 1.41.